The smallest absolute Gasteiger partial charge is 0.427 e. The molecule has 0 bridgehead atoms. The summed E-state index contributed by atoms with van der Waals surface area (Å²) in [5.41, 5.74) is 2.83. The number of nitrogens with one attached hydrogen (secondary N) is 1. The summed E-state index contributed by atoms with van der Waals surface area (Å²) in [6.07, 6.45) is 0.744. The number of halogens is 1. The minimum Gasteiger partial charge on any atom is -0.493 e. The molecule has 1 aromatic rings. The molecule has 23 heavy (non-hydrogen) atoms. The number of carbonyl (C=O) groups excluding carboxylic acids is 2. The second-order valence-corrected chi connectivity index (χ2v) is 5.33. The predicted molar refractivity (Wildman–Crippen MR) is 88.0 cm³/mol. The number of rotatable bonds is 6. The Bertz CT molecular complexity index is 604. The van der Waals surface area contributed by atoms with Crippen molar-refractivity contribution in [1.29, 1.82) is 0 Å². The molecule has 0 unspecified atom stereocenters. The summed E-state index contributed by atoms with van der Waals surface area (Å²) >= 11 is 3.36. The Balaban J connectivity index is 2.90. The van der Waals surface area contributed by atoms with E-state index in [1.807, 2.05) is 0 Å². The van der Waals surface area contributed by atoms with Crippen LogP contribution in [-0.2, 0) is 9.53 Å². The van der Waals surface area contributed by atoms with E-state index in [1.165, 1.54) is 25.3 Å². The zero-order valence-electron chi connectivity index (χ0n) is 13.3. The van der Waals surface area contributed by atoms with Crippen molar-refractivity contribution in [3.8, 4) is 11.5 Å². The number of amides is 2. The quantitative estimate of drug-likeness (QED) is 0.591. The number of benzene rings is 1. The van der Waals surface area contributed by atoms with Crippen LogP contribution in [0.1, 0.15) is 5.56 Å². The van der Waals surface area contributed by atoms with Gasteiger partial charge in [0.2, 0.25) is 0 Å². The maximum Gasteiger partial charge on any atom is 0.427 e. The van der Waals surface area contributed by atoms with E-state index in [9.17, 15) is 9.59 Å². The monoisotopic (exact) mass is 387 g/mol. The number of carbonyl (C=O) groups is 2. The molecule has 1 N–H and O–H groups in total. The summed E-state index contributed by atoms with van der Waals surface area (Å²) in [7, 11) is 6.01. The summed E-state index contributed by atoms with van der Waals surface area (Å²) in [6, 6.07) is 3.36. The molecule has 126 valence electrons. The van der Waals surface area contributed by atoms with Gasteiger partial charge in [-0.2, -0.15) is 5.10 Å². The lowest BCUT2D eigenvalue weighted by molar-refractivity contribution is -0.130. The Labute approximate surface area is 142 Å². The second kappa shape index (κ2) is 8.99. The highest BCUT2D eigenvalue weighted by atomic mass is 79.9. The fourth-order valence-corrected chi connectivity index (χ4v) is 2.00. The molecule has 0 saturated heterocycles. The highest BCUT2D eigenvalue weighted by Gasteiger charge is 2.14. The molecule has 0 aromatic heterocycles. The van der Waals surface area contributed by atoms with Gasteiger partial charge >= 0.3 is 6.09 Å². The topological polar surface area (TPSA) is 89.5 Å². The molecule has 0 saturated carbocycles. The van der Waals surface area contributed by atoms with Gasteiger partial charge in [-0.25, -0.2) is 10.2 Å². The Morgan fingerprint density at radius 3 is 2.61 bits per heavy atom. The maximum atomic E-state index is 11.6. The van der Waals surface area contributed by atoms with Gasteiger partial charge in [-0.15, -0.1) is 0 Å². The van der Waals surface area contributed by atoms with Crippen LogP contribution in [-0.4, -0.2) is 58.0 Å². The normalized spacial score (nSPS) is 10.3. The first-order chi connectivity index (χ1) is 10.9. The fraction of sp³-hybridized carbons (Fsp3) is 0.357. The molecular weight excluding hydrogens is 370 g/mol. The van der Waals surface area contributed by atoms with Crippen LogP contribution in [0, 0.1) is 0 Å². The van der Waals surface area contributed by atoms with E-state index in [4.69, 9.17) is 9.47 Å². The van der Waals surface area contributed by atoms with Crippen molar-refractivity contribution in [3.05, 3.63) is 22.2 Å². The Morgan fingerprint density at radius 2 is 2.04 bits per heavy atom. The van der Waals surface area contributed by atoms with Gasteiger partial charge in [-0.3, -0.25) is 4.79 Å². The van der Waals surface area contributed by atoms with E-state index in [1.54, 1.807) is 26.2 Å². The van der Waals surface area contributed by atoms with Crippen molar-refractivity contribution in [1.82, 2.24) is 10.3 Å². The molecule has 0 atom stereocenters. The molecule has 0 radical (unpaired) electrons. The minimum atomic E-state index is -0.672. The standard InChI is InChI=1S/C14H18BrN3O5/c1-18(2)12(19)8-23-13-10(15)5-9(6-11(13)21-3)7-16-17-14(20)22-4/h5-7H,8H2,1-4H3,(H,17,20). The zero-order chi connectivity index (χ0) is 17.4. The average Bonchev–Trinajstić information content (AvgIpc) is 2.52. The number of hydrazone groups is 1. The summed E-state index contributed by atoms with van der Waals surface area (Å²) in [6.45, 7) is -0.112. The SMILES string of the molecule is COC(=O)NN=Cc1cc(Br)c(OCC(=O)N(C)C)c(OC)c1. The third kappa shape index (κ3) is 5.78. The Hall–Kier alpha value is -2.29. The van der Waals surface area contributed by atoms with Gasteiger partial charge in [0.05, 0.1) is 24.9 Å². The molecule has 1 aromatic carbocycles. The first kappa shape index (κ1) is 18.8. The summed E-state index contributed by atoms with van der Waals surface area (Å²) in [5, 5.41) is 3.73. The van der Waals surface area contributed by atoms with Crippen LogP contribution in [0.5, 0.6) is 11.5 Å². The van der Waals surface area contributed by atoms with Gasteiger partial charge in [-0.05, 0) is 33.6 Å². The van der Waals surface area contributed by atoms with E-state index in [0.717, 1.165) is 0 Å². The van der Waals surface area contributed by atoms with E-state index in [2.05, 4.69) is 31.2 Å². The number of hydrogen-bond donors (Lipinski definition) is 1. The average molecular weight is 388 g/mol. The largest absolute Gasteiger partial charge is 0.493 e. The van der Waals surface area contributed by atoms with Crippen LogP contribution >= 0.6 is 15.9 Å². The number of hydrogen-bond acceptors (Lipinski definition) is 6. The van der Waals surface area contributed by atoms with E-state index >= 15 is 0 Å². The van der Waals surface area contributed by atoms with E-state index < -0.39 is 6.09 Å². The molecule has 0 aliphatic rings. The molecule has 9 heteroatoms. The van der Waals surface area contributed by atoms with Crippen molar-refractivity contribution in [3.63, 3.8) is 0 Å². The van der Waals surface area contributed by atoms with Crippen LogP contribution in [0.4, 0.5) is 4.79 Å². The molecular formula is C14H18BrN3O5. The van der Waals surface area contributed by atoms with Crippen molar-refractivity contribution >= 4 is 34.1 Å². The molecule has 8 nitrogen and oxygen atoms in total. The number of ether oxygens (including phenoxy) is 3. The highest BCUT2D eigenvalue weighted by Crippen LogP contribution is 2.36. The fourth-order valence-electron chi connectivity index (χ4n) is 1.42. The third-order valence-electron chi connectivity index (χ3n) is 2.65. The van der Waals surface area contributed by atoms with Gasteiger partial charge in [-0.1, -0.05) is 0 Å². The maximum absolute atomic E-state index is 11.6. The predicted octanol–water partition coefficient (Wildman–Crippen LogP) is 1.61. The number of likely N-dealkylation sites (N-methyl/N-ethyl adjacent to an activating group) is 1. The van der Waals surface area contributed by atoms with Gasteiger partial charge < -0.3 is 19.1 Å². The molecule has 2 amide bonds. The molecule has 1 rings (SSSR count). The summed E-state index contributed by atoms with van der Waals surface area (Å²) in [5.74, 6) is 0.651. The van der Waals surface area contributed by atoms with Crippen LogP contribution in [0.15, 0.2) is 21.7 Å². The third-order valence-corrected chi connectivity index (χ3v) is 3.23. The van der Waals surface area contributed by atoms with Crippen molar-refractivity contribution in [2.45, 2.75) is 0 Å². The van der Waals surface area contributed by atoms with Gasteiger partial charge in [0.25, 0.3) is 5.91 Å². The first-order valence-corrected chi connectivity index (χ1v) is 7.25. The van der Waals surface area contributed by atoms with Crippen LogP contribution < -0.4 is 14.9 Å². The molecule has 0 fully saturated rings. The van der Waals surface area contributed by atoms with Crippen molar-refractivity contribution in [2.75, 3.05) is 34.9 Å². The van der Waals surface area contributed by atoms with Crippen molar-refractivity contribution in [2.24, 2.45) is 5.10 Å². The summed E-state index contributed by atoms with van der Waals surface area (Å²) < 4.78 is 15.7. The molecule has 0 heterocycles. The van der Waals surface area contributed by atoms with Gasteiger partial charge in [0, 0.05) is 14.1 Å². The first-order valence-electron chi connectivity index (χ1n) is 6.46. The lowest BCUT2D eigenvalue weighted by Crippen LogP contribution is -2.27. The number of nitrogens with zero attached hydrogens (tertiary/aromatic N) is 2. The second-order valence-electron chi connectivity index (χ2n) is 4.47. The molecule has 0 aliphatic heterocycles. The van der Waals surface area contributed by atoms with Crippen LogP contribution in [0.2, 0.25) is 0 Å². The number of methoxy groups -OCH3 is 2. The minimum absolute atomic E-state index is 0.112. The van der Waals surface area contributed by atoms with Gasteiger partial charge in [0.1, 0.15) is 0 Å². The zero-order valence-corrected chi connectivity index (χ0v) is 14.8. The summed E-state index contributed by atoms with van der Waals surface area (Å²) in [4.78, 5) is 23.9. The lowest BCUT2D eigenvalue weighted by Gasteiger charge is -2.15. The van der Waals surface area contributed by atoms with Gasteiger partial charge in [0.15, 0.2) is 18.1 Å². The lowest BCUT2D eigenvalue weighted by atomic mass is 10.2. The highest BCUT2D eigenvalue weighted by molar-refractivity contribution is 9.10. The Kier molecular flexibility index (Phi) is 7.33. The van der Waals surface area contributed by atoms with E-state index in [-0.39, 0.29) is 12.5 Å². The van der Waals surface area contributed by atoms with Crippen LogP contribution in [0.25, 0.3) is 0 Å². The molecule has 0 aliphatic carbocycles. The van der Waals surface area contributed by atoms with Crippen molar-refractivity contribution < 1.29 is 23.8 Å². The van der Waals surface area contributed by atoms with E-state index in [0.29, 0.717) is 21.5 Å². The molecule has 0 spiro atoms. The van der Waals surface area contributed by atoms with Crippen LogP contribution in [0.3, 0.4) is 0 Å². The Morgan fingerprint density at radius 1 is 1.35 bits per heavy atom.